The van der Waals surface area contributed by atoms with Gasteiger partial charge in [-0.2, -0.15) is 0 Å². The van der Waals surface area contributed by atoms with E-state index in [9.17, 15) is 24.5 Å². The van der Waals surface area contributed by atoms with Gasteiger partial charge < -0.3 is 27.4 Å². The summed E-state index contributed by atoms with van der Waals surface area (Å²) in [5.74, 6) is 0. The zero-order valence-corrected chi connectivity index (χ0v) is 59.9. The second-order valence-electron chi connectivity index (χ2n) is 24.1. The van der Waals surface area contributed by atoms with Gasteiger partial charge in [0.25, 0.3) is 5.69 Å². The van der Waals surface area contributed by atoms with E-state index in [1.807, 2.05) is 120 Å². The minimum Gasteiger partial charge on any atom is -0.398 e. The molecule has 0 aliphatic rings. The second-order valence-corrected chi connectivity index (χ2v) is 24.9. The Bertz CT molecular complexity index is 4100. The van der Waals surface area contributed by atoms with Gasteiger partial charge in [-0.05, 0) is 188 Å². The average Bonchev–Trinajstić information content (AvgIpc) is 0.802. The molecule has 0 spiro atoms. The number of urea groups is 3. The first kappa shape index (κ1) is 74.8. The van der Waals surface area contributed by atoms with Gasteiger partial charge in [0.05, 0.1) is 52.2 Å². The number of anilines is 8. The summed E-state index contributed by atoms with van der Waals surface area (Å²) in [6.45, 7) is 25.7. The van der Waals surface area contributed by atoms with Crippen LogP contribution in [0.25, 0.3) is 0 Å². The molecule has 0 unspecified atom stereocenters. The van der Waals surface area contributed by atoms with Crippen molar-refractivity contribution in [3.63, 3.8) is 0 Å². The van der Waals surface area contributed by atoms with Gasteiger partial charge in [-0.25, -0.2) is 14.4 Å². The molecule has 16 heteroatoms. The van der Waals surface area contributed by atoms with Crippen LogP contribution in [0.5, 0.6) is 0 Å². The average molecular weight is 1350 g/mol. The zero-order chi connectivity index (χ0) is 70.5. The molecule has 0 aliphatic carbocycles. The van der Waals surface area contributed by atoms with Crippen LogP contribution in [0, 0.1) is 30.9 Å². The minimum absolute atomic E-state index is 0.0858. The van der Waals surface area contributed by atoms with Crippen LogP contribution in [0.1, 0.15) is 146 Å². The number of hydrogen-bond donors (Lipinski definition) is 5. The number of rotatable bonds is 22. The van der Waals surface area contributed by atoms with E-state index in [2.05, 4.69) is 137 Å². The minimum atomic E-state index is -0.451. The van der Waals surface area contributed by atoms with Crippen molar-refractivity contribution in [1.82, 2.24) is 0 Å². The second kappa shape index (κ2) is 35.9. The number of amides is 6. The number of nitrogen functional groups attached to an aromatic ring is 2. The van der Waals surface area contributed by atoms with Gasteiger partial charge in [0.15, 0.2) is 0 Å². The molecule has 508 valence electrons. The van der Waals surface area contributed by atoms with Crippen LogP contribution in [-0.2, 0) is 77.4 Å². The van der Waals surface area contributed by atoms with Crippen LogP contribution in [-0.4, -0.2) is 23.0 Å². The number of nitro groups is 1. The number of benzene rings is 9. The van der Waals surface area contributed by atoms with E-state index >= 15 is 0 Å². The summed E-state index contributed by atoms with van der Waals surface area (Å²) in [5.41, 5.74) is 33.5. The molecular formula is C81H95Cl2N9O5. The molecule has 9 aromatic carbocycles. The lowest BCUT2D eigenvalue weighted by molar-refractivity contribution is -0.385. The van der Waals surface area contributed by atoms with Crippen molar-refractivity contribution in [3.8, 4) is 0 Å². The van der Waals surface area contributed by atoms with E-state index in [1.165, 1.54) is 33.9 Å². The summed E-state index contributed by atoms with van der Waals surface area (Å²) in [7, 11) is 0. The first-order valence-corrected chi connectivity index (χ1v) is 34.6. The maximum Gasteiger partial charge on any atom is 0.326 e. The number of halogens is 2. The molecule has 9 aromatic rings. The highest BCUT2D eigenvalue weighted by atomic mass is 35.5. The van der Waals surface area contributed by atoms with E-state index in [4.69, 9.17) is 34.7 Å². The SMILES string of the molecule is CCc1ccc(N(Cc2ccc(C)cc2)C(=O)Nc2c(CC)c(Cl)cc([N+](=O)[O-])c2CC)cc1.CCc1ccc(N(Cc2ccc(C)cc2)C(=O)Nc2c(CC)c(N)cc(Cl)c2CC)cc1.CCc1ccc(N(Cc2ccc(C)cc2)C(=O)Nc2c(CC)ccc(N)c2CC)cc1. The molecule has 97 heavy (non-hydrogen) atoms. The Hall–Kier alpha value is -9.63. The van der Waals surface area contributed by atoms with Gasteiger partial charge in [0, 0.05) is 39.5 Å². The molecule has 0 saturated carbocycles. The first-order chi connectivity index (χ1) is 46.6. The van der Waals surface area contributed by atoms with E-state index < -0.39 is 4.92 Å². The van der Waals surface area contributed by atoms with E-state index in [1.54, 1.807) is 20.8 Å². The fraction of sp³-hybridized carbons (Fsp3) is 0.296. The van der Waals surface area contributed by atoms with Crippen LogP contribution in [0.3, 0.4) is 0 Å². The highest BCUT2D eigenvalue weighted by molar-refractivity contribution is 6.32. The van der Waals surface area contributed by atoms with Gasteiger partial charge in [-0.1, -0.05) is 217 Å². The Morgan fingerprint density at radius 3 is 0.979 bits per heavy atom. The first-order valence-electron chi connectivity index (χ1n) is 33.8. The summed E-state index contributed by atoms with van der Waals surface area (Å²) in [5, 5.41) is 21.8. The van der Waals surface area contributed by atoms with Crippen LogP contribution in [0.2, 0.25) is 10.0 Å². The Morgan fingerprint density at radius 2 is 0.670 bits per heavy atom. The predicted molar refractivity (Wildman–Crippen MR) is 408 cm³/mol. The van der Waals surface area contributed by atoms with Crippen molar-refractivity contribution in [2.75, 3.05) is 42.1 Å². The molecule has 0 atom stereocenters. The summed E-state index contributed by atoms with van der Waals surface area (Å²) < 4.78 is 0. The monoisotopic (exact) mass is 1340 g/mol. The fourth-order valence-electron chi connectivity index (χ4n) is 11.6. The van der Waals surface area contributed by atoms with Gasteiger partial charge in [-0.15, -0.1) is 0 Å². The van der Waals surface area contributed by atoms with Crippen LogP contribution < -0.4 is 42.1 Å². The quantitative estimate of drug-likeness (QED) is 0.0253. The number of carbonyl (C=O) groups is 3. The highest BCUT2D eigenvalue weighted by Gasteiger charge is 2.27. The van der Waals surface area contributed by atoms with E-state index in [0.717, 1.165) is 105 Å². The number of nitrogens with zero attached hydrogens (tertiary/aromatic N) is 4. The van der Waals surface area contributed by atoms with Gasteiger partial charge >= 0.3 is 18.1 Å². The molecule has 0 heterocycles. The summed E-state index contributed by atoms with van der Waals surface area (Å²) >= 11 is 12.9. The van der Waals surface area contributed by atoms with Crippen molar-refractivity contribution in [1.29, 1.82) is 0 Å². The lowest BCUT2D eigenvalue weighted by Crippen LogP contribution is -2.35. The number of nitrogens with one attached hydrogen (secondary N) is 3. The maximum atomic E-state index is 13.7. The smallest absolute Gasteiger partial charge is 0.326 e. The van der Waals surface area contributed by atoms with Crippen molar-refractivity contribution in [2.24, 2.45) is 0 Å². The third-order valence-electron chi connectivity index (χ3n) is 17.6. The fourth-order valence-corrected chi connectivity index (χ4v) is 12.3. The molecule has 0 saturated heterocycles. The van der Waals surface area contributed by atoms with Crippen molar-refractivity contribution >= 4 is 92.5 Å². The molecule has 14 nitrogen and oxygen atoms in total. The number of carbonyl (C=O) groups excluding carboxylic acids is 3. The van der Waals surface area contributed by atoms with Crippen LogP contribution >= 0.6 is 23.2 Å². The van der Waals surface area contributed by atoms with Crippen molar-refractivity contribution in [3.05, 3.63) is 273 Å². The normalized spacial score (nSPS) is 10.7. The van der Waals surface area contributed by atoms with E-state index in [-0.39, 0.29) is 28.8 Å². The highest BCUT2D eigenvalue weighted by Crippen LogP contribution is 2.39. The van der Waals surface area contributed by atoms with Crippen molar-refractivity contribution < 1.29 is 19.3 Å². The van der Waals surface area contributed by atoms with Crippen LogP contribution in [0.15, 0.2) is 170 Å². The number of nitrogens with two attached hydrogens (primary N) is 2. The summed E-state index contributed by atoms with van der Waals surface area (Å²) in [6, 6.07) is 55.1. The van der Waals surface area contributed by atoms with Gasteiger partial charge in [-0.3, -0.25) is 24.8 Å². The molecule has 9 rings (SSSR count). The summed E-state index contributed by atoms with van der Waals surface area (Å²) in [4.78, 5) is 57.3. The molecule has 7 N–H and O–H groups in total. The van der Waals surface area contributed by atoms with Gasteiger partial charge in [0.2, 0.25) is 0 Å². The molecular weight excluding hydrogens is 1250 g/mol. The van der Waals surface area contributed by atoms with E-state index in [0.29, 0.717) is 78.5 Å². The van der Waals surface area contributed by atoms with Crippen molar-refractivity contribution in [2.45, 2.75) is 161 Å². The third kappa shape index (κ3) is 19.5. The van der Waals surface area contributed by atoms with Gasteiger partial charge in [0.1, 0.15) is 0 Å². The number of aryl methyl sites for hydroxylation is 7. The Labute approximate surface area is 584 Å². The third-order valence-corrected chi connectivity index (χ3v) is 18.2. The molecule has 0 fully saturated rings. The zero-order valence-electron chi connectivity index (χ0n) is 58.4. The Morgan fingerprint density at radius 1 is 0.371 bits per heavy atom. The lowest BCUT2D eigenvalue weighted by Gasteiger charge is -2.26. The molecule has 0 bridgehead atoms. The summed E-state index contributed by atoms with van der Waals surface area (Å²) in [6.07, 6.45) is 6.72. The lowest BCUT2D eigenvalue weighted by atomic mass is 10.0. The Balaban J connectivity index is 0.000000205. The number of hydrogen-bond acceptors (Lipinski definition) is 7. The standard InChI is InChI=1S/C27H30ClN3O3.C27H32ClN3O.C27H33N3O/c1-5-19-12-14-21(15-13-19)30(17-20-10-8-18(4)9-11-20)27(32)29-26-22(6-2)24(28)16-25(31(33)34)23(26)7-3;1-5-19-12-14-21(15-13-19)31(17-20-10-8-18(4)9-11-20)27(32)30-26-22(6-2)24(28)16-25(29)23(26)7-3;1-5-20-12-15-23(16-13-20)30(18-21-10-8-19(4)9-11-21)27(31)29-26-22(6-2)14-17-25(28)24(26)7-3/h8-16H,5-7,17H2,1-4H3,(H,29,32);8-16H,5-7,17,29H2,1-4H3,(H,30,32);8-17H,5-7,18,28H2,1-4H3,(H,29,31). The maximum absolute atomic E-state index is 13.7. The number of nitro benzene ring substituents is 1. The topological polar surface area (TPSA) is 192 Å². The Kier molecular flexibility index (Phi) is 27.7. The van der Waals surface area contributed by atoms with Crippen LogP contribution in [0.4, 0.5) is 65.6 Å². The molecule has 0 aromatic heterocycles. The molecule has 0 radical (unpaired) electrons. The largest absolute Gasteiger partial charge is 0.398 e. The predicted octanol–water partition coefficient (Wildman–Crippen LogP) is 21.1. The molecule has 0 aliphatic heterocycles. The molecule has 6 amide bonds.